The molecule has 1 rings (SSSR count). The van der Waals surface area contributed by atoms with Gasteiger partial charge < -0.3 is 10.4 Å². The first-order valence-electron chi connectivity index (χ1n) is 6.82. The summed E-state index contributed by atoms with van der Waals surface area (Å²) in [4.78, 5) is 0. The second-order valence-corrected chi connectivity index (χ2v) is 5.79. The minimum absolute atomic E-state index is 0.217. The summed E-state index contributed by atoms with van der Waals surface area (Å²) in [5, 5.41) is 13.6. The van der Waals surface area contributed by atoms with Gasteiger partial charge in [0.2, 0.25) is 0 Å². The van der Waals surface area contributed by atoms with E-state index in [-0.39, 0.29) is 6.04 Å². The molecular weight excluding hydrogens is 290 g/mol. The molecule has 0 saturated heterocycles. The molecule has 2 N–H and O–H groups in total. The molecule has 18 heavy (non-hydrogen) atoms. The van der Waals surface area contributed by atoms with Crippen LogP contribution in [-0.2, 0) is 0 Å². The van der Waals surface area contributed by atoms with Crippen LogP contribution in [0.3, 0.4) is 0 Å². The van der Waals surface area contributed by atoms with Gasteiger partial charge in [0.1, 0.15) is 5.75 Å². The monoisotopic (exact) mass is 313 g/mol. The maximum Gasteiger partial charge on any atom is 0.120 e. The Morgan fingerprint density at radius 3 is 2.67 bits per heavy atom. The minimum Gasteiger partial charge on any atom is -0.508 e. The Morgan fingerprint density at radius 1 is 1.33 bits per heavy atom. The topological polar surface area (TPSA) is 32.3 Å². The van der Waals surface area contributed by atoms with Gasteiger partial charge in [0, 0.05) is 22.1 Å². The van der Waals surface area contributed by atoms with Gasteiger partial charge in [0.05, 0.1) is 0 Å². The van der Waals surface area contributed by atoms with E-state index in [2.05, 4.69) is 42.0 Å². The highest BCUT2D eigenvalue weighted by atomic mass is 79.9. The van der Waals surface area contributed by atoms with Gasteiger partial charge in [0.25, 0.3) is 0 Å². The average Bonchev–Trinajstić information content (AvgIpc) is 2.36. The van der Waals surface area contributed by atoms with E-state index < -0.39 is 0 Å². The lowest BCUT2D eigenvalue weighted by Crippen LogP contribution is -2.30. The third kappa shape index (κ3) is 4.62. The highest BCUT2D eigenvalue weighted by Gasteiger charge is 2.16. The Labute approximate surface area is 119 Å². The van der Waals surface area contributed by atoms with Crippen molar-refractivity contribution in [3.8, 4) is 5.75 Å². The van der Waals surface area contributed by atoms with Crippen LogP contribution in [0.5, 0.6) is 5.75 Å². The fourth-order valence-corrected chi connectivity index (χ4v) is 2.55. The van der Waals surface area contributed by atoms with Gasteiger partial charge in [-0.1, -0.05) is 42.6 Å². The van der Waals surface area contributed by atoms with E-state index in [9.17, 15) is 5.11 Å². The van der Waals surface area contributed by atoms with Gasteiger partial charge in [0.15, 0.2) is 0 Å². The SMILES string of the molecule is CCCCC(C)NC(CC)c1cc(Br)ccc1O. The summed E-state index contributed by atoms with van der Waals surface area (Å²) in [7, 11) is 0. The summed E-state index contributed by atoms with van der Waals surface area (Å²) in [5.74, 6) is 0.375. The molecule has 1 aromatic carbocycles. The standard InChI is InChI=1S/C15H24BrNO/c1-4-6-7-11(3)17-14(5-2)13-10-12(16)8-9-15(13)18/h8-11,14,17-18H,4-7H2,1-3H3. The predicted molar refractivity (Wildman–Crippen MR) is 81.0 cm³/mol. The molecule has 1 aromatic rings. The molecule has 2 nitrogen and oxygen atoms in total. The normalized spacial score (nSPS) is 14.4. The lowest BCUT2D eigenvalue weighted by atomic mass is 10.0. The van der Waals surface area contributed by atoms with E-state index >= 15 is 0 Å². The smallest absolute Gasteiger partial charge is 0.120 e. The molecule has 0 radical (unpaired) electrons. The number of phenols is 1. The summed E-state index contributed by atoms with van der Waals surface area (Å²) in [6.45, 7) is 6.57. The Bertz CT molecular complexity index is 368. The van der Waals surface area contributed by atoms with E-state index in [1.807, 2.05) is 12.1 Å². The van der Waals surface area contributed by atoms with E-state index in [1.165, 1.54) is 19.3 Å². The van der Waals surface area contributed by atoms with Crippen molar-refractivity contribution in [2.24, 2.45) is 0 Å². The first-order valence-corrected chi connectivity index (χ1v) is 7.62. The lowest BCUT2D eigenvalue weighted by Gasteiger charge is -2.23. The number of aromatic hydroxyl groups is 1. The van der Waals surface area contributed by atoms with E-state index in [0.29, 0.717) is 11.8 Å². The molecule has 0 saturated carbocycles. The van der Waals surface area contributed by atoms with Gasteiger partial charge in [-0.15, -0.1) is 0 Å². The molecule has 0 amide bonds. The molecule has 102 valence electrons. The van der Waals surface area contributed by atoms with Crippen molar-refractivity contribution in [1.82, 2.24) is 5.32 Å². The fourth-order valence-electron chi connectivity index (χ4n) is 2.17. The lowest BCUT2D eigenvalue weighted by molar-refractivity contribution is 0.398. The zero-order valence-corrected chi connectivity index (χ0v) is 13.1. The van der Waals surface area contributed by atoms with E-state index in [4.69, 9.17) is 0 Å². The van der Waals surface area contributed by atoms with Gasteiger partial charge in [-0.25, -0.2) is 0 Å². The molecule has 0 spiro atoms. The fraction of sp³-hybridized carbons (Fsp3) is 0.600. The van der Waals surface area contributed by atoms with Crippen molar-refractivity contribution in [1.29, 1.82) is 0 Å². The number of rotatable bonds is 7. The Hall–Kier alpha value is -0.540. The molecule has 3 heteroatoms. The van der Waals surface area contributed by atoms with Crippen molar-refractivity contribution in [2.45, 2.75) is 58.5 Å². The van der Waals surface area contributed by atoms with Crippen LogP contribution in [0.1, 0.15) is 58.1 Å². The maximum atomic E-state index is 9.96. The Balaban J connectivity index is 2.73. The highest BCUT2D eigenvalue weighted by molar-refractivity contribution is 9.10. The van der Waals surface area contributed by atoms with E-state index in [0.717, 1.165) is 16.5 Å². The molecule has 2 unspecified atom stereocenters. The number of phenolic OH excluding ortho intramolecular Hbond substituents is 1. The molecule has 2 atom stereocenters. The van der Waals surface area contributed by atoms with Crippen molar-refractivity contribution in [3.05, 3.63) is 28.2 Å². The zero-order valence-electron chi connectivity index (χ0n) is 11.5. The van der Waals surface area contributed by atoms with Crippen molar-refractivity contribution in [3.63, 3.8) is 0 Å². The molecular formula is C15H24BrNO. The average molecular weight is 314 g/mol. The molecule has 0 bridgehead atoms. The van der Waals surface area contributed by atoms with E-state index in [1.54, 1.807) is 6.07 Å². The quantitative estimate of drug-likeness (QED) is 0.759. The number of hydrogen-bond donors (Lipinski definition) is 2. The third-order valence-corrected chi connectivity index (χ3v) is 3.74. The highest BCUT2D eigenvalue weighted by Crippen LogP contribution is 2.29. The summed E-state index contributed by atoms with van der Waals surface area (Å²) < 4.78 is 1.01. The van der Waals surface area contributed by atoms with Crippen molar-refractivity contribution >= 4 is 15.9 Å². The van der Waals surface area contributed by atoms with Crippen LogP contribution >= 0.6 is 15.9 Å². The van der Waals surface area contributed by atoms with Gasteiger partial charge in [-0.3, -0.25) is 0 Å². The Morgan fingerprint density at radius 2 is 2.06 bits per heavy atom. The van der Waals surface area contributed by atoms with Crippen molar-refractivity contribution in [2.75, 3.05) is 0 Å². The summed E-state index contributed by atoms with van der Waals surface area (Å²) in [6.07, 6.45) is 4.63. The summed E-state index contributed by atoms with van der Waals surface area (Å²) >= 11 is 3.46. The number of halogens is 1. The van der Waals surface area contributed by atoms with Gasteiger partial charge in [-0.05, 0) is 38.0 Å². The number of hydrogen-bond acceptors (Lipinski definition) is 2. The predicted octanol–water partition coefficient (Wildman–Crippen LogP) is 4.77. The molecule has 0 aliphatic rings. The van der Waals surface area contributed by atoms with Crippen LogP contribution in [-0.4, -0.2) is 11.1 Å². The first kappa shape index (κ1) is 15.5. The first-order chi connectivity index (χ1) is 8.58. The second kappa shape index (κ2) is 7.80. The molecule has 0 aromatic heterocycles. The van der Waals surface area contributed by atoms with Crippen LogP contribution in [0, 0.1) is 0 Å². The number of unbranched alkanes of at least 4 members (excludes halogenated alkanes) is 1. The maximum absolute atomic E-state index is 9.96. The van der Waals surface area contributed by atoms with Crippen LogP contribution in [0.25, 0.3) is 0 Å². The molecule has 0 aliphatic carbocycles. The largest absolute Gasteiger partial charge is 0.508 e. The second-order valence-electron chi connectivity index (χ2n) is 4.87. The summed E-state index contributed by atoms with van der Waals surface area (Å²) in [6, 6.07) is 6.32. The van der Waals surface area contributed by atoms with Crippen LogP contribution < -0.4 is 5.32 Å². The molecule has 0 fully saturated rings. The van der Waals surface area contributed by atoms with Crippen molar-refractivity contribution < 1.29 is 5.11 Å². The molecule has 0 heterocycles. The molecule has 0 aliphatic heterocycles. The third-order valence-electron chi connectivity index (χ3n) is 3.25. The van der Waals surface area contributed by atoms with Crippen LogP contribution in [0.15, 0.2) is 22.7 Å². The van der Waals surface area contributed by atoms with Crippen LogP contribution in [0.4, 0.5) is 0 Å². The van der Waals surface area contributed by atoms with Gasteiger partial charge >= 0.3 is 0 Å². The number of nitrogens with one attached hydrogen (secondary N) is 1. The van der Waals surface area contributed by atoms with Crippen LogP contribution in [0.2, 0.25) is 0 Å². The summed E-state index contributed by atoms with van der Waals surface area (Å²) in [5.41, 5.74) is 0.982. The Kier molecular flexibility index (Phi) is 6.72. The number of benzene rings is 1. The van der Waals surface area contributed by atoms with Gasteiger partial charge in [-0.2, -0.15) is 0 Å². The zero-order chi connectivity index (χ0) is 13.5. The minimum atomic E-state index is 0.217.